The summed E-state index contributed by atoms with van der Waals surface area (Å²) in [6, 6.07) is 7.75. The van der Waals surface area contributed by atoms with Crippen LogP contribution in [0.5, 0.6) is 11.5 Å². The van der Waals surface area contributed by atoms with Crippen molar-refractivity contribution in [2.45, 2.75) is 32.5 Å². The summed E-state index contributed by atoms with van der Waals surface area (Å²) in [5.41, 5.74) is 0.808. The fourth-order valence-electron chi connectivity index (χ4n) is 2.61. The SMILES string of the molecule is C=CC(=O)NCc1ccc(Oc2ccc(C(F)(F)F)cc2)c2nc(C(C)C)oc12. The minimum atomic E-state index is -4.42. The number of benzene rings is 2. The number of oxazole rings is 1. The van der Waals surface area contributed by atoms with Gasteiger partial charge in [0.05, 0.1) is 5.56 Å². The van der Waals surface area contributed by atoms with Crippen molar-refractivity contribution < 1.29 is 27.1 Å². The highest BCUT2D eigenvalue weighted by atomic mass is 19.4. The van der Waals surface area contributed by atoms with Crippen LogP contribution in [0.1, 0.15) is 36.8 Å². The number of aromatic nitrogens is 1. The van der Waals surface area contributed by atoms with Crippen LogP contribution in [-0.2, 0) is 17.5 Å². The molecule has 8 heteroatoms. The number of alkyl halides is 3. The van der Waals surface area contributed by atoms with Gasteiger partial charge in [-0.25, -0.2) is 4.98 Å². The molecule has 0 aliphatic rings. The van der Waals surface area contributed by atoms with Crippen LogP contribution >= 0.6 is 0 Å². The number of amides is 1. The van der Waals surface area contributed by atoms with Crippen molar-refractivity contribution >= 4 is 17.0 Å². The average Bonchev–Trinajstić information content (AvgIpc) is 3.13. The molecule has 0 bridgehead atoms. The summed E-state index contributed by atoms with van der Waals surface area (Å²) in [5, 5.41) is 2.68. The van der Waals surface area contributed by atoms with E-state index >= 15 is 0 Å². The van der Waals surface area contributed by atoms with Crippen molar-refractivity contribution in [1.29, 1.82) is 0 Å². The number of carbonyl (C=O) groups is 1. The Morgan fingerprint density at radius 3 is 2.52 bits per heavy atom. The topological polar surface area (TPSA) is 64.4 Å². The Kier molecular flexibility index (Phi) is 5.63. The second kappa shape index (κ2) is 7.98. The summed E-state index contributed by atoms with van der Waals surface area (Å²) in [6.45, 7) is 7.44. The molecule has 0 aliphatic heterocycles. The second-order valence-corrected chi connectivity index (χ2v) is 6.65. The predicted octanol–water partition coefficient (Wildman–Crippen LogP) is 5.56. The molecule has 3 rings (SSSR count). The van der Waals surface area contributed by atoms with Crippen molar-refractivity contribution in [2.24, 2.45) is 0 Å². The van der Waals surface area contributed by atoms with Crippen LogP contribution in [0.2, 0.25) is 0 Å². The van der Waals surface area contributed by atoms with Crippen LogP contribution in [0.25, 0.3) is 11.1 Å². The summed E-state index contributed by atoms with van der Waals surface area (Å²) in [4.78, 5) is 15.9. The maximum atomic E-state index is 12.7. The maximum absolute atomic E-state index is 12.7. The summed E-state index contributed by atoms with van der Waals surface area (Å²) in [6.07, 6.45) is -3.25. The molecule has 2 aromatic carbocycles. The molecule has 0 aliphatic carbocycles. The molecule has 0 saturated carbocycles. The summed E-state index contributed by atoms with van der Waals surface area (Å²) >= 11 is 0. The number of ether oxygens (including phenoxy) is 1. The predicted molar refractivity (Wildman–Crippen MR) is 102 cm³/mol. The smallest absolute Gasteiger partial charge is 0.416 e. The van der Waals surface area contributed by atoms with E-state index in [1.165, 1.54) is 18.2 Å². The third-order valence-corrected chi connectivity index (χ3v) is 4.15. The van der Waals surface area contributed by atoms with E-state index in [4.69, 9.17) is 9.15 Å². The van der Waals surface area contributed by atoms with Crippen molar-refractivity contribution in [3.05, 3.63) is 66.1 Å². The fraction of sp³-hybridized carbons (Fsp3) is 0.238. The number of carbonyl (C=O) groups excluding carboxylic acids is 1. The number of halogens is 3. The summed E-state index contributed by atoms with van der Waals surface area (Å²) < 4.78 is 49.8. The Hall–Kier alpha value is -3.29. The van der Waals surface area contributed by atoms with Crippen LogP contribution in [0, 0.1) is 0 Å². The maximum Gasteiger partial charge on any atom is 0.416 e. The Bertz CT molecular complexity index is 1040. The van der Waals surface area contributed by atoms with Crippen LogP contribution in [0.3, 0.4) is 0 Å². The standard InChI is InChI=1S/C21H19F3N2O3/c1-4-17(27)25-11-13-5-10-16(18-19(13)29-20(26-18)12(2)3)28-15-8-6-14(7-9-15)21(22,23)24/h4-10,12H,1,11H2,2-3H3,(H,25,27). The number of nitrogens with zero attached hydrogens (tertiary/aromatic N) is 1. The van der Waals surface area contributed by atoms with Crippen molar-refractivity contribution in [3.63, 3.8) is 0 Å². The lowest BCUT2D eigenvalue weighted by atomic mass is 10.1. The quantitative estimate of drug-likeness (QED) is 0.546. The highest BCUT2D eigenvalue weighted by Crippen LogP contribution is 2.35. The highest BCUT2D eigenvalue weighted by molar-refractivity contribution is 5.88. The molecule has 1 N–H and O–H groups in total. The Morgan fingerprint density at radius 1 is 1.24 bits per heavy atom. The van der Waals surface area contributed by atoms with E-state index in [0.717, 1.165) is 12.1 Å². The first kappa shape index (κ1) is 20.4. The van der Waals surface area contributed by atoms with Gasteiger partial charge in [0.2, 0.25) is 5.91 Å². The van der Waals surface area contributed by atoms with Crippen LogP contribution in [0.15, 0.2) is 53.5 Å². The molecule has 0 atom stereocenters. The monoisotopic (exact) mass is 404 g/mol. The van der Waals surface area contributed by atoms with Crippen LogP contribution in [0.4, 0.5) is 13.2 Å². The van der Waals surface area contributed by atoms with Gasteiger partial charge in [-0.05, 0) is 42.5 Å². The van der Waals surface area contributed by atoms with E-state index in [9.17, 15) is 18.0 Å². The van der Waals surface area contributed by atoms with Gasteiger partial charge in [0.1, 0.15) is 5.75 Å². The first-order chi connectivity index (χ1) is 13.7. The fourth-order valence-corrected chi connectivity index (χ4v) is 2.61. The van der Waals surface area contributed by atoms with Gasteiger partial charge in [0.15, 0.2) is 22.7 Å². The largest absolute Gasteiger partial charge is 0.455 e. The van der Waals surface area contributed by atoms with Gasteiger partial charge in [0.25, 0.3) is 0 Å². The zero-order valence-corrected chi connectivity index (χ0v) is 15.8. The molecular formula is C21H19F3N2O3. The van der Waals surface area contributed by atoms with E-state index < -0.39 is 11.7 Å². The zero-order chi connectivity index (χ0) is 21.2. The Labute approximate surface area is 165 Å². The first-order valence-electron chi connectivity index (χ1n) is 8.86. The van der Waals surface area contributed by atoms with Gasteiger partial charge in [-0.1, -0.05) is 20.4 Å². The molecule has 0 unspecified atom stereocenters. The molecule has 0 fully saturated rings. The minimum Gasteiger partial charge on any atom is -0.455 e. The summed E-state index contributed by atoms with van der Waals surface area (Å²) in [7, 11) is 0. The lowest BCUT2D eigenvalue weighted by molar-refractivity contribution is -0.137. The van der Waals surface area contributed by atoms with Gasteiger partial charge in [-0.2, -0.15) is 13.2 Å². The van der Waals surface area contributed by atoms with Gasteiger partial charge in [0, 0.05) is 18.0 Å². The van der Waals surface area contributed by atoms with Crippen molar-refractivity contribution in [1.82, 2.24) is 10.3 Å². The Balaban J connectivity index is 1.95. The van der Waals surface area contributed by atoms with E-state index in [2.05, 4.69) is 16.9 Å². The van der Waals surface area contributed by atoms with Crippen molar-refractivity contribution in [3.8, 4) is 11.5 Å². The molecule has 0 radical (unpaired) electrons. The van der Waals surface area contributed by atoms with Gasteiger partial charge < -0.3 is 14.5 Å². The van der Waals surface area contributed by atoms with E-state index in [1.807, 2.05) is 13.8 Å². The lowest BCUT2D eigenvalue weighted by Crippen LogP contribution is -2.19. The molecule has 3 aromatic rings. The normalized spacial score (nSPS) is 11.7. The van der Waals surface area contributed by atoms with E-state index in [1.54, 1.807) is 12.1 Å². The van der Waals surface area contributed by atoms with Crippen molar-refractivity contribution in [2.75, 3.05) is 0 Å². The van der Waals surface area contributed by atoms with E-state index in [0.29, 0.717) is 28.3 Å². The molecule has 152 valence electrons. The number of hydrogen-bond acceptors (Lipinski definition) is 4. The van der Waals surface area contributed by atoms with Gasteiger partial charge in [-0.3, -0.25) is 4.79 Å². The third kappa shape index (κ3) is 4.59. The summed E-state index contributed by atoms with van der Waals surface area (Å²) in [5.74, 6) is 0.749. The molecule has 0 saturated heterocycles. The third-order valence-electron chi connectivity index (χ3n) is 4.15. The molecule has 5 nitrogen and oxygen atoms in total. The zero-order valence-electron chi connectivity index (χ0n) is 15.8. The molecule has 1 heterocycles. The van der Waals surface area contributed by atoms with Crippen LogP contribution in [-0.4, -0.2) is 10.9 Å². The van der Waals surface area contributed by atoms with E-state index in [-0.39, 0.29) is 24.1 Å². The van der Waals surface area contributed by atoms with Crippen LogP contribution < -0.4 is 10.1 Å². The second-order valence-electron chi connectivity index (χ2n) is 6.65. The lowest BCUT2D eigenvalue weighted by Gasteiger charge is -2.10. The molecule has 1 amide bonds. The highest BCUT2D eigenvalue weighted by Gasteiger charge is 2.30. The number of fused-ring (bicyclic) bond motifs is 1. The molecule has 0 spiro atoms. The minimum absolute atomic E-state index is 0.0111. The first-order valence-corrected chi connectivity index (χ1v) is 8.86. The Morgan fingerprint density at radius 2 is 1.93 bits per heavy atom. The number of rotatable bonds is 6. The number of nitrogens with one attached hydrogen (secondary N) is 1. The number of hydrogen-bond donors (Lipinski definition) is 1. The molecule has 1 aromatic heterocycles. The molecular weight excluding hydrogens is 385 g/mol. The van der Waals surface area contributed by atoms with Gasteiger partial charge >= 0.3 is 6.18 Å². The average molecular weight is 404 g/mol. The molecule has 29 heavy (non-hydrogen) atoms. The van der Waals surface area contributed by atoms with Gasteiger partial charge in [-0.15, -0.1) is 0 Å².